The SMILES string of the molecule is CC(C)(O)C=O.CCOC(C)OCC. The quantitative estimate of drug-likeness (QED) is 0.545. The third-order valence-corrected chi connectivity index (χ3v) is 1.09. The Hall–Kier alpha value is -0.450. The van der Waals surface area contributed by atoms with Gasteiger partial charge in [-0.15, -0.1) is 0 Å². The largest absolute Gasteiger partial charge is 0.383 e. The van der Waals surface area contributed by atoms with Gasteiger partial charge in [0.1, 0.15) is 5.60 Å². The molecule has 1 N–H and O–H groups in total. The van der Waals surface area contributed by atoms with Gasteiger partial charge in [-0.05, 0) is 34.6 Å². The van der Waals surface area contributed by atoms with Crippen LogP contribution in [0.4, 0.5) is 0 Å². The van der Waals surface area contributed by atoms with Crippen LogP contribution in [0.3, 0.4) is 0 Å². The first-order valence-corrected chi connectivity index (χ1v) is 4.79. The lowest BCUT2D eigenvalue weighted by Crippen LogP contribution is -2.19. The molecule has 4 nitrogen and oxygen atoms in total. The predicted octanol–water partition coefficient (Wildman–Crippen LogP) is 1.36. The highest BCUT2D eigenvalue weighted by Crippen LogP contribution is 1.91. The molecule has 0 bridgehead atoms. The van der Waals surface area contributed by atoms with Crippen molar-refractivity contribution in [3.05, 3.63) is 0 Å². The number of carbonyl (C=O) groups is 1. The molecule has 0 saturated heterocycles. The zero-order valence-corrected chi connectivity index (χ0v) is 9.74. The van der Waals surface area contributed by atoms with E-state index in [1.54, 1.807) is 0 Å². The van der Waals surface area contributed by atoms with E-state index in [-0.39, 0.29) is 6.29 Å². The summed E-state index contributed by atoms with van der Waals surface area (Å²) in [5.74, 6) is 0. The molecule has 0 saturated carbocycles. The van der Waals surface area contributed by atoms with Crippen molar-refractivity contribution in [2.24, 2.45) is 0 Å². The van der Waals surface area contributed by atoms with Crippen LogP contribution >= 0.6 is 0 Å². The van der Waals surface area contributed by atoms with Gasteiger partial charge in [0.2, 0.25) is 0 Å². The number of rotatable bonds is 5. The van der Waals surface area contributed by atoms with E-state index in [0.29, 0.717) is 6.29 Å². The van der Waals surface area contributed by atoms with Gasteiger partial charge in [-0.2, -0.15) is 0 Å². The van der Waals surface area contributed by atoms with Crippen LogP contribution < -0.4 is 0 Å². The van der Waals surface area contributed by atoms with Crippen LogP contribution in [0.2, 0.25) is 0 Å². The van der Waals surface area contributed by atoms with Crippen molar-refractivity contribution in [1.29, 1.82) is 0 Å². The van der Waals surface area contributed by atoms with Gasteiger partial charge in [-0.3, -0.25) is 0 Å². The summed E-state index contributed by atoms with van der Waals surface area (Å²) >= 11 is 0. The zero-order chi connectivity index (χ0) is 11.6. The van der Waals surface area contributed by atoms with Crippen molar-refractivity contribution in [3.63, 3.8) is 0 Å². The summed E-state index contributed by atoms with van der Waals surface area (Å²) in [6.07, 6.45) is 0.456. The predicted molar refractivity (Wildman–Crippen MR) is 55.1 cm³/mol. The van der Waals surface area contributed by atoms with Gasteiger partial charge in [-0.25, -0.2) is 0 Å². The number of hydrogen-bond acceptors (Lipinski definition) is 4. The fourth-order valence-electron chi connectivity index (χ4n) is 0.518. The number of ether oxygens (including phenoxy) is 2. The van der Waals surface area contributed by atoms with E-state index in [1.807, 2.05) is 20.8 Å². The van der Waals surface area contributed by atoms with Gasteiger partial charge in [0.25, 0.3) is 0 Å². The minimum Gasteiger partial charge on any atom is -0.383 e. The fourth-order valence-corrected chi connectivity index (χ4v) is 0.518. The summed E-state index contributed by atoms with van der Waals surface area (Å²) < 4.78 is 10.1. The third-order valence-electron chi connectivity index (χ3n) is 1.09. The molecule has 0 aliphatic heterocycles. The first-order chi connectivity index (χ1) is 6.37. The molecule has 0 aromatic carbocycles. The Morgan fingerprint density at radius 3 is 1.71 bits per heavy atom. The van der Waals surface area contributed by atoms with Gasteiger partial charge < -0.3 is 19.4 Å². The van der Waals surface area contributed by atoms with Crippen LogP contribution in [0.1, 0.15) is 34.6 Å². The highest BCUT2D eigenvalue weighted by atomic mass is 16.7. The molecule has 86 valence electrons. The highest BCUT2D eigenvalue weighted by molar-refractivity contribution is 5.60. The average molecular weight is 206 g/mol. The summed E-state index contributed by atoms with van der Waals surface area (Å²) in [6.45, 7) is 10.1. The van der Waals surface area contributed by atoms with E-state index in [1.165, 1.54) is 13.8 Å². The minimum absolute atomic E-state index is 0.0370. The second kappa shape index (κ2) is 9.12. The lowest BCUT2D eigenvalue weighted by molar-refractivity contribution is -0.123. The standard InChI is InChI=1S/C6H14O2.C4H8O2/c1-4-7-6(3)8-5-2;1-4(2,6)3-5/h6H,4-5H2,1-3H3;3,6H,1-2H3. The molecule has 0 atom stereocenters. The Kier molecular flexibility index (Phi) is 10.4. The molecular formula is C10H22O4. The summed E-state index contributed by atoms with van der Waals surface area (Å²) in [5, 5.41) is 8.46. The van der Waals surface area contributed by atoms with Crippen LogP contribution in [0.5, 0.6) is 0 Å². The molecule has 0 fully saturated rings. The Morgan fingerprint density at radius 2 is 1.57 bits per heavy atom. The first-order valence-electron chi connectivity index (χ1n) is 4.79. The van der Waals surface area contributed by atoms with E-state index in [9.17, 15) is 4.79 Å². The molecule has 0 aromatic heterocycles. The smallest absolute Gasteiger partial charge is 0.154 e. The van der Waals surface area contributed by atoms with Crippen LogP contribution in [-0.2, 0) is 14.3 Å². The van der Waals surface area contributed by atoms with Crippen molar-refractivity contribution in [2.45, 2.75) is 46.5 Å². The average Bonchev–Trinajstić information content (AvgIpc) is 2.05. The molecule has 0 aliphatic carbocycles. The lowest BCUT2D eigenvalue weighted by Gasteiger charge is -2.09. The van der Waals surface area contributed by atoms with Crippen molar-refractivity contribution >= 4 is 6.29 Å². The van der Waals surface area contributed by atoms with Gasteiger partial charge in [0.05, 0.1) is 0 Å². The van der Waals surface area contributed by atoms with Crippen LogP contribution in [-0.4, -0.2) is 36.5 Å². The molecule has 4 heteroatoms. The molecule has 0 aliphatic rings. The maximum Gasteiger partial charge on any atom is 0.154 e. The van der Waals surface area contributed by atoms with Gasteiger partial charge in [0, 0.05) is 13.2 Å². The van der Waals surface area contributed by atoms with E-state index >= 15 is 0 Å². The molecule has 0 rings (SSSR count). The first kappa shape index (κ1) is 16.0. The van der Waals surface area contributed by atoms with Gasteiger partial charge in [0.15, 0.2) is 12.6 Å². The lowest BCUT2D eigenvalue weighted by atomic mass is 10.2. The maximum absolute atomic E-state index is 9.58. The molecule has 0 unspecified atom stereocenters. The monoisotopic (exact) mass is 206 g/mol. The topological polar surface area (TPSA) is 55.8 Å². The number of aldehydes is 1. The molecule has 0 heterocycles. The van der Waals surface area contributed by atoms with Crippen molar-refractivity contribution in [3.8, 4) is 0 Å². The van der Waals surface area contributed by atoms with Gasteiger partial charge in [-0.1, -0.05) is 0 Å². The third kappa shape index (κ3) is 17.6. The second-order valence-electron chi connectivity index (χ2n) is 3.25. The molecule has 0 spiro atoms. The number of aliphatic hydroxyl groups is 1. The summed E-state index contributed by atoms with van der Waals surface area (Å²) in [6, 6.07) is 0. The fraction of sp³-hybridized carbons (Fsp3) is 0.900. The van der Waals surface area contributed by atoms with Crippen LogP contribution in [0, 0.1) is 0 Å². The van der Waals surface area contributed by atoms with E-state index < -0.39 is 5.60 Å². The second-order valence-corrected chi connectivity index (χ2v) is 3.25. The summed E-state index contributed by atoms with van der Waals surface area (Å²) in [4.78, 5) is 9.58. The van der Waals surface area contributed by atoms with E-state index in [0.717, 1.165) is 13.2 Å². The highest BCUT2D eigenvalue weighted by Gasteiger charge is 2.07. The number of hydrogen-bond donors (Lipinski definition) is 1. The normalized spacial score (nSPS) is 10.8. The Bertz CT molecular complexity index is 123. The Balaban J connectivity index is 0. The maximum atomic E-state index is 9.58. The van der Waals surface area contributed by atoms with Crippen molar-refractivity contribution in [1.82, 2.24) is 0 Å². The number of carbonyl (C=O) groups excluding carboxylic acids is 1. The summed E-state index contributed by atoms with van der Waals surface area (Å²) in [7, 11) is 0. The summed E-state index contributed by atoms with van der Waals surface area (Å²) in [5.41, 5.74) is -1.14. The van der Waals surface area contributed by atoms with Gasteiger partial charge >= 0.3 is 0 Å². The molecule has 0 amide bonds. The minimum atomic E-state index is -1.14. The molecule has 0 radical (unpaired) electrons. The van der Waals surface area contributed by atoms with Crippen molar-refractivity contribution in [2.75, 3.05) is 13.2 Å². The van der Waals surface area contributed by atoms with E-state index in [2.05, 4.69) is 0 Å². The molecular weight excluding hydrogens is 184 g/mol. The van der Waals surface area contributed by atoms with Crippen LogP contribution in [0.25, 0.3) is 0 Å². The molecule has 14 heavy (non-hydrogen) atoms. The Morgan fingerprint density at radius 1 is 1.29 bits per heavy atom. The zero-order valence-electron chi connectivity index (χ0n) is 9.74. The van der Waals surface area contributed by atoms with Crippen LogP contribution in [0.15, 0.2) is 0 Å². The molecule has 0 aromatic rings. The van der Waals surface area contributed by atoms with E-state index in [4.69, 9.17) is 14.6 Å². The Labute approximate surface area is 86.2 Å². The van der Waals surface area contributed by atoms with Crippen molar-refractivity contribution < 1.29 is 19.4 Å².